The van der Waals surface area contributed by atoms with E-state index >= 15 is 0 Å². The Morgan fingerprint density at radius 2 is 1.71 bits per heavy atom. The lowest BCUT2D eigenvalue weighted by molar-refractivity contribution is -0.283. The molecule has 100 valence electrons. The van der Waals surface area contributed by atoms with Crippen LogP contribution in [0, 0.1) is 0 Å². The third-order valence-electron chi connectivity index (χ3n) is 4.34. The fraction of sp³-hybridized carbons (Fsp3) is 1.00. The molecule has 0 aromatic rings. The molecule has 0 aromatic heterocycles. The Labute approximate surface area is 105 Å². The second-order valence-corrected chi connectivity index (χ2v) is 5.29. The summed E-state index contributed by atoms with van der Waals surface area (Å²) in [7, 11) is 3.48. The first-order valence-electron chi connectivity index (χ1n) is 6.80. The van der Waals surface area contributed by atoms with Crippen LogP contribution in [0.4, 0.5) is 0 Å². The van der Waals surface area contributed by atoms with E-state index in [0.717, 1.165) is 31.7 Å². The molecule has 0 amide bonds. The number of ether oxygens (including phenoxy) is 2. The van der Waals surface area contributed by atoms with Gasteiger partial charge in [-0.1, -0.05) is 6.92 Å². The van der Waals surface area contributed by atoms with Gasteiger partial charge >= 0.3 is 0 Å². The average molecular weight is 242 g/mol. The van der Waals surface area contributed by atoms with Crippen LogP contribution in [0.25, 0.3) is 0 Å². The molecule has 17 heavy (non-hydrogen) atoms. The molecule has 2 rings (SSSR count). The molecule has 1 heterocycles. The van der Waals surface area contributed by atoms with E-state index in [9.17, 15) is 0 Å². The van der Waals surface area contributed by atoms with E-state index in [-0.39, 0.29) is 5.79 Å². The van der Waals surface area contributed by atoms with Gasteiger partial charge < -0.3 is 14.8 Å². The van der Waals surface area contributed by atoms with Crippen molar-refractivity contribution in [2.45, 2.75) is 50.5 Å². The predicted octanol–water partition coefficient (Wildman–Crippen LogP) is 1.21. The van der Waals surface area contributed by atoms with Gasteiger partial charge in [0.1, 0.15) is 0 Å². The van der Waals surface area contributed by atoms with Gasteiger partial charge in [0.25, 0.3) is 0 Å². The topological polar surface area (TPSA) is 33.7 Å². The molecular formula is C13H26N2O2. The standard InChI is InChI=1S/C13H26N2O2/c1-4-14-11-5-7-12(8-6-11)15-9-13(10-15,16-2)17-3/h11-12,14H,4-10H2,1-3H3. The number of nitrogens with zero attached hydrogens (tertiary/aromatic N) is 1. The van der Waals surface area contributed by atoms with Crippen LogP contribution in [0.2, 0.25) is 0 Å². The number of likely N-dealkylation sites (tertiary alicyclic amines) is 1. The Bertz CT molecular complexity index is 228. The molecule has 1 saturated heterocycles. The Kier molecular flexibility index (Phi) is 4.42. The van der Waals surface area contributed by atoms with E-state index in [1.54, 1.807) is 14.2 Å². The van der Waals surface area contributed by atoms with Gasteiger partial charge in [0.05, 0.1) is 13.1 Å². The van der Waals surface area contributed by atoms with E-state index in [0.29, 0.717) is 0 Å². The number of hydrogen-bond acceptors (Lipinski definition) is 4. The molecule has 2 aliphatic rings. The van der Waals surface area contributed by atoms with E-state index in [4.69, 9.17) is 9.47 Å². The summed E-state index contributed by atoms with van der Waals surface area (Å²) in [5.74, 6) is -0.321. The molecule has 1 N–H and O–H groups in total. The quantitative estimate of drug-likeness (QED) is 0.735. The van der Waals surface area contributed by atoms with E-state index in [1.807, 2.05) is 0 Å². The second kappa shape index (κ2) is 5.65. The molecule has 0 atom stereocenters. The first-order chi connectivity index (χ1) is 8.23. The normalized spacial score (nSPS) is 33.4. The van der Waals surface area contributed by atoms with Gasteiger partial charge in [-0.3, -0.25) is 4.90 Å². The fourth-order valence-electron chi connectivity index (χ4n) is 3.11. The third kappa shape index (κ3) is 2.81. The van der Waals surface area contributed by atoms with E-state index in [2.05, 4.69) is 17.1 Å². The summed E-state index contributed by atoms with van der Waals surface area (Å²) >= 11 is 0. The number of nitrogens with one attached hydrogen (secondary N) is 1. The Hall–Kier alpha value is -0.160. The van der Waals surface area contributed by atoms with Crippen LogP contribution in [-0.4, -0.2) is 56.6 Å². The lowest BCUT2D eigenvalue weighted by Crippen LogP contribution is -2.66. The van der Waals surface area contributed by atoms with Crippen molar-refractivity contribution in [3.05, 3.63) is 0 Å². The highest BCUT2D eigenvalue weighted by molar-refractivity contribution is 4.95. The largest absolute Gasteiger partial charge is 0.351 e. The van der Waals surface area contributed by atoms with Gasteiger partial charge in [-0.05, 0) is 32.2 Å². The second-order valence-electron chi connectivity index (χ2n) is 5.29. The summed E-state index contributed by atoms with van der Waals surface area (Å²) in [6, 6.07) is 1.48. The maximum Gasteiger partial charge on any atom is 0.193 e. The average Bonchev–Trinajstić information content (AvgIpc) is 2.31. The van der Waals surface area contributed by atoms with Crippen molar-refractivity contribution in [3.63, 3.8) is 0 Å². The van der Waals surface area contributed by atoms with Gasteiger partial charge in [0.15, 0.2) is 5.79 Å². The van der Waals surface area contributed by atoms with Crippen LogP contribution < -0.4 is 5.32 Å². The van der Waals surface area contributed by atoms with E-state index < -0.39 is 0 Å². The highest BCUT2D eigenvalue weighted by Gasteiger charge is 2.46. The summed E-state index contributed by atoms with van der Waals surface area (Å²) in [5.41, 5.74) is 0. The zero-order chi connectivity index (χ0) is 12.3. The zero-order valence-electron chi connectivity index (χ0n) is 11.4. The minimum atomic E-state index is -0.321. The van der Waals surface area contributed by atoms with E-state index in [1.165, 1.54) is 25.7 Å². The van der Waals surface area contributed by atoms with Crippen LogP contribution in [0.5, 0.6) is 0 Å². The SMILES string of the molecule is CCNC1CCC(N2CC(OC)(OC)C2)CC1. The highest BCUT2D eigenvalue weighted by Crippen LogP contribution is 2.32. The van der Waals surface area contributed by atoms with Crippen LogP contribution >= 0.6 is 0 Å². The number of methoxy groups -OCH3 is 2. The smallest absolute Gasteiger partial charge is 0.193 e. The van der Waals surface area contributed by atoms with Crippen LogP contribution in [-0.2, 0) is 9.47 Å². The van der Waals surface area contributed by atoms with Crippen molar-refractivity contribution >= 4 is 0 Å². The monoisotopic (exact) mass is 242 g/mol. The van der Waals surface area contributed by atoms with Gasteiger partial charge in [-0.15, -0.1) is 0 Å². The van der Waals surface area contributed by atoms with Crippen molar-refractivity contribution in [1.82, 2.24) is 10.2 Å². The maximum absolute atomic E-state index is 5.43. The summed E-state index contributed by atoms with van der Waals surface area (Å²) < 4.78 is 10.9. The summed E-state index contributed by atoms with van der Waals surface area (Å²) in [6.45, 7) is 5.13. The van der Waals surface area contributed by atoms with Crippen LogP contribution in [0.1, 0.15) is 32.6 Å². The van der Waals surface area contributed by atoms with Gasteiger partial charge in [0, 0.05) is 26.3 Å². The molecule has 0 radical (unpaired) electrons. The minimum Gasteiger partial charge on any atom is -0.351 e. The first-order valence-corrected chi connectivity index (χ1v) is 6.80. The molecule has 0 aromatic carbocycles. The van der Waals surface area contributed by atoms with Crippen molar-refractivity contribution in [2.24, 2.45) is 0 Å². The maximum atomic E-state index is 5.43. The van der Waals surface area contributed by atoms with Crippen molar-refractivity contribution in [3.8, 4) is 0 Å². The Balaban J connectivity index is 1.73. The zero-order valence-corrected chi connectivity index (χ0v) is 11.4. The van der Waals surface area contributed by atoms with Crippen LogP contribution in [0.3, 0.4) is 0 Å². The molecule has 0 bridgehead atoms. The van der Waals surface area contributed by atoms with Gasteiger partial charge in [0.2, 0.25) is 0 Å². The van der Waals surface area contributed by atoms with Gasteiger partial charge in [-0.2, -0.15) is 0 Å². The van der Waals surface area contributed by atoms with Gasteiger partial charge in [-0.25, -0.2) is 0 Å². The lowest BCUT2D eigenvalue weighted by atomic mass is 9.87. The first kappa shape index (κ1) is 13.3. The number of rotatable bonds is 5. The predicted molar refractivity (Wildman–Crippen MR) is 68.0 cm³/mol. The Morgan fingerprint density at radius 3 is 2.18 bits per heavy atom. The lowest BCUT2D eigenvalue weighted by Gasteiger charge is -2.52. The van der Waals surface area contributed by atoms with Crippen molar-refractivity contribution < 1.29 is 9.47 Å². The molecular weight excluding hydrogens is 216 g/mol. The molecule has 2 fully saturated rings. The summed E-state index contributed by atoms with van der Waals surface area (Å²) in [4.78, 5) is 2.51. The van der Waals surface area contributed by atoms with Crippen molar-refractivity contribution in [1.29, 1.82) is 0 Å². The molecule has 0 spiro atoms. The molecule has 4 heteroatoms. The highest BCUT2D eigenvalue weighted by atomic mass is 16.7. The summed E-state index contributed by atoms with van der Waals surface area (Å²) in [6.07, 6.45) is 5.23. The molecule has 1 aliphatic heterocycles. The molecule has 1 aliphatic carbocycles. The molecule has 4 nitrogen and oxygen atoms in total. The fourth-order valence-corrected chi connectivity index (χ4v) is 3.11. The van der Waals surface area contributed by atoms with Crippen molar-refractivity contribution in [2.75, 3.05) is 33.9 Å². The van der Waals surface area contributed by atoms with Crippen LogP contribution in [0.15, 0.2) is 0 Å². The number of hydrogen-bond donors (Lipinski definition) is 1. The minimum absolute atomic E-state index is 0.321. The Morgan fingerprint density at radius 1 is 1.12 bits per heavy atom. The summed E-state index contributed by atoms with van der Waals surface area (Å²) in [5, 5.41) is 3.55. The molecule has 0 unspecified atom stereocenters. The molecule has 1 saturated carbocycles. The third-order valence-corrected chi connectivity index (χ3v) is 4.34.